The van der Waals surface area contributed by atoms with Gasteiger partial charge in [0.15, 0.2) is 23.1 Å². The predicted octanol–water partition coefficient (Wildman–Crippen LogP) is 1.69. The number of rotatable bonds is 5. The summed E-state index contributed by atoms with van der Waals surface area (Å²) in [5.74, 6) is 5.46. The average molecular weight is 476 g/mol. The van der Waals surface area contributed by atoms with E-state index in [0.29, 0.717) is 41.1 Å². The van der Waals surface area contributed by atoms with Crippen LogP contribution in [0.4, 0.5) is 10.2 Å². The molecule has 1 aliphatic heterocycles. The van der Waals surface area contributed by atoms with Gasteiger partial charge in [-0.05, 0) is 39.3 Å². The second-order valence-corrected chi connectivity index (χ2v) is 9.25. The van der Waals surface area contributed by atoms with Crippen LogP contribution >= 0.6 is 11.6 Å². The third-order valence-corrected chi connectivity index (χ3v) is 6.29. The van der Waals surface area contributed by atoms with Crippen LogP contribution in [-0.2, 0) is 4.79 Å². The first-order valence-corrected chi connectivity index (χ1v) is 10.9. The number of carbonyl (C=O) groups is 1. The molecule has 176 valence electrons. The highest BCUT2D eigenvalue weighted by molar-refractivity contribution is 6.31. The molecule has 4 heterocycles. The molecule has 3 aromatic heterocycles. The summed E-state index contributed by atoms with van der Waals surface area (Å²) in [5.41, 5.74) is 5.91. The lowest BCUT2D eigenvalue weighted by Gasteiger charge is -2.46. The molecule has 0 bridgehead atoms. The molecule has 6 N–H and O–H groups in total. The van der Waals surface area contributed by atoms with Crippen molar-refractivity contribution in [3.8, 4) is 11.4 Å². The van der Waals surface area contributed by atoms with Gasteiger partial charge >= 0.3 is 0 Å². The largest absolute Gasteiger partial charge is 0.358 e. The summed E-state index contributed by atoms with van der Waals surface area (Å²) >= 11 is 6.10. The summed E-state index contributed by atoms with van der Waals surface area (Å²) in [6.45, 7) is 4.70. The van der Waals surface area contributed by atoms with Crippen LogP contribution in [-0.4, -0.2) is 61.8 Å². The molecule has 0 aliphatic carbocycles. The zero-order valence-corrected chi connectivity index (χ0v) is 19.4. The van der Waals surface area contributed by atoms with Crippen LogP contribution in [0.3, 0.4) is 0 Å². The van der Waals surface area contributed by atoms with E-state index in [1.165, 1.54) is 10.9 Å². The first-order chi connectivity index (χ1) is 15.5. The number of pyridine rings is 1. The van der Waals surface area contributed by atoms with Crippen LogP contribution in [0.25, 0.3) is 22.4 Å². The number of nitrogen functional groups attached to an aromatic ring is 1. The molecule has 12 heteroatoms. The average Bonchev–Trinajstić information content (AvgIpc) is 3.10. The highest BCUT2D eigenvalue weighted by atomic mass is 35.5. The van der Waals surface area contributed by atoms with Crippen molar-refractivity contribution in [1.29, 1.82) is 0 Å². The predicted molar refractivity (Wildman–Crippen MR) is 125 cm³/mol. The number of hydrogen-bond donors (Lipinski definition) is 4. The zero-order chi connectivity index (χ0) is 24.0. The molecule has 1 saturated heterocycles. The molecule has 0 spiro atoms. The molecule has 33 heavy (non-hydrogen) atoms. The van der Waals surface area contributed by atoms with Crippen molar-refractivity contribution in [1.82, 2.24) is 29.8 Å². The molecule has 0 aromatic carbocycles. The van der Waals surface area contributed by atoms with Gasteiger partial charge in [0.25, 0.3) is 0 Å². The van der Waals surface area contributed by atoms with E-state index in [2.05, 4.69) is 25.6 Å². The molecular formula is C21H27ClFN9O. The number of fused-ring (bicyclic) bond motifs is 1. The van der Waals surface area contributed by atoms with E-state index in [-0.39, 0.29) is 17.5 Å². The van der Waals surface area contributed by atoms with Gasteiger partial charge in [-0.15, -0.1) is 0 Å². The van der Waals surface area contributed by atoms with Gasteiger partial charge < -0.3 is 22.2 Å². The summed E-state index contributed by atoms with van der Waals surface area (Å²) in [4.78, 5) is 27.1. The van der Waals surface area contributed by atoms with Crippen LogP contribution < -0.4 is 22.2 Å². The Kier molecular flexibility index (Phi) is 5.89. The van der Waals surface area contributed by atoms with Gasteiger partial charge in [-0.1, -0.05) is 11.6 Å². The van der Waals surface area contributed by atoms with E-state index >= 15 is 0 Å². The molecule has 0 saturated carbocycles. The van der Waals surface area contributed by atoms with Crippen molar-refractivity contribution in [2.75, 3.05) is 31.3 Å². The Labute approximate surface area is 195 Å². The molecule has 10 nitrogen and oxygen atoms in total. The minimum atomic E-state index is -0.997. The monoisotopic (exact) mass is 475 g/mol. The van der Waals surface area contributed by atoms with E-state index in [4.69, 9.17) is 23.2 Å². The Morgan fingerprint density at radius 3 is 2.82 bits per heavy atom. The van der Waals surface area contributed by atoms with E-state index in [1.54, 1.807) is 19.3 Å². The number of anilines is 1. The van der Waals surface area contributed by atoms with Crippen molar-refractivity contribution in [2.45, 2.75) is 37.9 Å². The lowest BCUT2D eigenvalue weighted by atomic mass is 9.92. The zero-order valence-electron chi connectivity index (χ0n) is 18.7. The normalized spacial score (nSPS) is 19.6. The minimum Gasteiger partial charge on any atom is -0.358 e. The highest BCUT2D eigenvalue weighted by Crippen LogP contribution is 2.31. The maximum absolute atomic E-state index is 14.7. The van der Waals surface area contributed by atoms with Gasteiger partial charge in [-0.2, -0.15) is 0 Å². The number of nitrogens with two attached hydrogens (primary N) is 2. The van der Waals surface area contributed by atoms with Crippen LogP contribution in [0.15, 0.2) is 24.7 Å². The van der Waals surface area contributed by atoms with Crippen molar-refractivity contribution in [2.24, 2.45) is 5.73 Å². The molecule has 1 amide bonds. The summed E-state index contributed by atoms with van der Waals surface area (Å²) in [6.07, 6.45) is 5.49. The molecule has 3 aromatic rings. The smallest absolute Gasteiger partial charge is 0.239 e. The number of hydrogen-bond acceptors (Lipinski definition) is 8. The van der Waals surface area contributed by atoms with E-state index in [0.717, 1.165) is 12.6 Å². The maximum Gasteiger partial charge on any atom is 0.239 e. The van der Waals surface area contributed by atoms with Crippen molar-refractivity contribution >= 4 is 34.4 Å². The van der Waals surface area contributed by atoms with Gasteiger partial charge in [-0.25, -0.2) is 19.3 Å². The molecule has 4 rings (SSSR count). The third-order valence-electron chi connectivity index (χ3n) is 6.09. The Morgan fingerprint density at radius 2 is 2.09 bits per heavy atom. The summed E-state index contributed by atoms with van der Waals surface area (Å²) in [7, 11) is 1.60. The summed E-state index contributed by atoms with van der Waals surface area (Å²) in [5, 5.41) is 6.81. The lowest BCUT2D eigenvalue weighted by Crippen LogP contribution is -2.66. The highest BCUT2D eigenvalue weighted by Gasteiger charge is 2.41. The van der Waals surface area contributed by atoms with Crippen LogP contribution in [0.1, 0.15) is 26.7 Å². The number of halogens is 2. The number of nitrogens with zero attached hydrogens (tertiary/aromatic N) is 5. The number of carbonyl (C=O) groups excluding carboxylic acids is 1. The van der Waals surface area contributed by atoms with Crippen molar-refractivity contribution in [3.05, 3.63) is 35.5 Å². The molecule has 0 unspecified atom stereocenters. The van der Waals surface area contributed by atoms with Crippen molar-refractivity contribution in [3.63, 3.8) is 0 Å². The SMILES string of the molecule is CNC(=O)C(C)(C)N1CCC[C@](N)(Nc2nc(-c3cn(N)c4ncc(Cl)cc34)ncc2F)C1. The maximum atomic E-state index is 14.7. The van der Waals surface area contributed by atoms with Gasteiger partial charge in [0, 0.05) is 36.9 Å². The molecule has 0 radical (unpaired) electrons. The Morgan fingerprint density at radius 1 is 1.33 bits per heavy atom. The fraction of sp³-hybridized carbons (Fsp3) is 0.429. The van der Waals surface area contributed by atoms with Gasteiger partial charge in [-0.3, -0.25) is 14.4 Å². The number of likely N-dealkylation sites (N-methyl/N-ethyl adjacent to an activating group) is 1. The third kappa shape index (κ3) is 4.31. The molecule has 1 fully saturated rings. The quantitative estimate of drug-likeness (QED) is 0.323. The summed E-state index contributed by atoms with van der Waals surface area (Å²) < 4.78 is 16.1. The van der Waals surface area contributed by atoms with E-state index < -0.39 is 17.0 Å². The topological polar surface area (TPSA) is 140 Å². The number of aromatic nitrogens is 4. The Bertz CT molecular complexity index is 1210. The van der Waals surface area contributed by atoms with Gasteiger partial charge in [0.2, 0.25) is 5.91 Å². The lowest BCUT2D eigenvalue weighted by molar-refractivity contribution is -0.132. The number of piperidine rings is 1. The molecular weight excluding hydrogens is 449 g/mol. The first-order valence-electron chi connectivity index (χ1n) is 10.5. The van der Waals surface area contributed by atoms with Gasteiger partial charge in [0.1, 0.15) is 5.66 Å². The van der Waals surface area contributed by atoms with Crippen LogP contribution in [0, 0.1) is 5.82 Å². The van der Waals surface area contributed by atoms with E-state index in [1.807, 2.05) is 18.7 Å². The number of amides is 1. The van der Waals surface area contributed by atoms with Gasteiger partial charge in [0.05, 0.1) is 16.8 Å². The molecule has 1 atom stereocenters. The standard InChI is InChI=1S/C21H27ClFN9O/c1-20(2,19(33)26-3)31-6-4-5-21(24,11-31)30-17-15(23)9-27-16(29-17)14-10-32(25)18-13(14)7-12(22)8-28-18/h7-10H,4-6,11,24-25H2,1-3H3,(H,26,33)(H,27,29,30)/t21-/m0/s1. The number of likely N-dealkylation sites (tertiary alicyclic amines) is 1. The summed E-state index contributed by atoms with van der Waals surface area (Å²) in [6, 6.07) is 1.70. The van der Waals surface area contributed by atoms with Crippen LogP contribution in [0.5, 0.6) is 0 Å². The fourth-order valence-electron chi connectivity index (χ4n) is 4.22. The van der Waals surface area contributed by atoms with Crippen molar-refractivity contribution < 1.29 is 9.18 Å². The Hall–Kier alpha value is -3.02. The first kappa shape index (κ1) is 23.1. The number of nitrogens with one attached hydrogen (secondary N) is 2. The second-order valence-electron chi connectivity index (χ2n) is 8.81. The van der Waals surface area contributed by atoms with Crippen LogP contribution in [0.2, 0.25) is 5.02 Å². The van der Waals surface area contributed by atoms with E-state index in [9.17, 15) is 9.18 Å². The Balaban J connectivity index is 1.65. The molecule has 1 aliphatic rings. The fourth-order valence-corrected chi connectivity index (χ4v) is 4.37. The second kappa shape index (κ2) is 8.40. The minimum absolute atomic E-state index is 0.0324.